The lowest BCUT2D eigenvalue weighted by molar-refractivity contribution is 0.728. The Kier molecular flexibility index (Phi) is 3.94. The maximum absolute atomic E-state index is 7.37. The first kappa shape index (κ1) is 12.3. The smallest absolute Gasteiger partial charge is 0.122 e. The summed E-state index contributed by atoms with van der Waals surface area (Å²) in [4.78, 5) is 2.43. The first-order chi connectivity index (χ1) is 8.20. The van der Waals surface area contributed by atoms with Crippen molar-refractivity contribution in [2.75, 3.05) is 23.7 Å². The van der Waals surface area contributed by atoms with E-state index in [1.807, 2.05) is 12.1 Å². The largest absolute Gasteiger partial charge is 0.384 e. The summed E-state index contributed by atoms with van der Waals surface area (Å²) in [6.07, 6.45) is 1.23. The number of nitrogens with two attached hydrogens (primary N) is 1. The van der Waals surface area contributed by atoms with E-state index in [1.54, 1.807) is 0 Å². The van der Waals surface area contributed by atoms with Gasteiger partial charge in [-0.15, -0.1) is 0 Å². The maximum atomic E-state index is 7.37. The van der Waals surface area contributed by atoms with Crippen molar-refractivity contribution in [2.24, 2.45) is 5.73 Å². The van der Waals surface area contributed by atoms with Gasteiger partial charge in [0.15, 0.2) is 0 Å². The molecule has 1 saturated heterocycles. The highest BCUT2D eigenvalue weighted by atomic mass is 32.2. The summed E-state index contributed by atoms with van der Waals surface area (Å²) in [6.45, 7) is 4.49. The maximum Gasteiger partial charge on any atom is 0.122 e. The van der Waals surface area contributed by atoms with E-state index in [2.05, 4.69) is 35.7 Å². The second kappa shape index (κ2) is 5.45. The van der Waals surface area contributed by atoms with Crippen LogP contribution in [0.2, 0.25) is 0 Å². The van der Waals surface area contributed by atoms with E-state index < -0.39 is 0 Å². The van der Waals surface area contributed by atoms with Gasteiger partial charge in [-0.05, 0) is 30.7 Å². The summed E-state index contributed by atoms with van der Waals surface area (Å²) in [7, 11) is 0. The van der Waals surface area contributed by atoms with Crippen LogP contribution in [0, 0.1) is 5.41 Å². The number of nitrogens with zero attached hydrogens (tertiary/aromatic N) is 1. The second-order valence-corrected chi connectivity index (χ2v) is 5.72. The molecule has 1 aromatic rings. The van der Waals surface area contributed by atoms with E-state index in [0.717, 1.165) is 23.9 Å². The summed E-state index contributed by atoms with van der Waals surface area (Å²) < 4.78 is 0. The lowest BCUT2D eigenvalue weighted by atomic mass is 10.1. The van der Waals surface area contributed by atoms with Crippen LogP contribution in [-0.4, -0.2) is 29.9 Å². The van der Waals surface area contributed by atoms with Gasteiger partial charge in [0.1, 0.15) is 5.84 Å². The Morgan fingerprint density at radius 1 is 1.47 bits per heavy atom. The third kappa shape index (κ3) is 2.94. The molecule has 2 rings (SSSR count). The summed E-state index contributed by atoms with van der Waals surface area (Å²) in [5.41, 5.74) is 7.49. The van der Waals surface area contributed by atoms with E-state index in [4.69, 9.17) is 11.1 Å². The van der Waals surface area contributed by atoms with Gasteiger partial charge >= 0.3 is 0 Å². The molecule has 0 spiro atoms. The Morgan fingerprint density at radius 3 is 2.76 bits per heavy atom. The minimum absolute atomic E-state index is 0.136. The van der Waals surface area contributed by atoms with Crippen LogP contribution in [0.1, 0.15) is 18.9 Å². The van der Waals surface area contributed by atoms with E-state index in [0.29, 0.717) is 0 Å². The number of nitrogens with one attached hydrogen (secondary N) is 1. The van der Waals surface area contributed by atoms with Crippen LogP contribution >= 0.6 is 11.8 Å². The molecule has 0 saturated carbocycles. The zero-order valence-corrected chi connectivity index (χ0v) is 11.0. The Labute approximate surface area is 107 Å². The van der Waals surface area contributed by atoms with E-state index in [9.17, 15) is 0 Å². The van der Waals surface area contributed by atoms with Crippen LogP contribution < -0.4 is 10.6 Å². The van der Waals surface area contributed by atoms with Crippen LogP contribution in [0.15, 0.2) is 24.3 Å². The Morgan fingerprint density at radius 2 is 2.18 bits per heavy atom. The topological polar surface area (TPSA) is 53.1 Å². The highest BCUT2D eigenvalue weighted by molar-refractivity contribution is 8.00. The number of anilines is 1. The minimum Gasteiger partial charge on any atom is -0.384 e. The number of thioether (sulfide) groups is 1. The third-order valence-corrected chi connectivity index (χ3v) is 4.51. The number of rotatable bonds is 3. The van der Waals surface area contributed by atoms with Gasteiger partial charge in [0, 0.05) is 35.3 Å². The third-order valence-electron chi connectivity index (χ3n) is 3.14. The molecule has 4 heteroatoms. The molecule has 1 fully saturated rings. The van der Waals surface area contributed by atoms with E-state index in [1.165, 1.54) is 17.9 Å². The molecule has 1 atom stereocenters. The summed E-state index contributed by atoms with van der Waals surface area (Å²) >= 11 is 2.07. The van der Waals surface area contributed by atoms with Crippen molar-refractivity contribution >= 4 is 23.3 Å². The van der Waals surface area contributed by atoms with Gasteiger partial charge in [0.25, 0.3) is 0 Å². The van der Waals surface area contributed by atoms with Crippen molar-refractivity contribution in [3.05, 3.63) is 29.8 Å². The first-order valence-corrected chi connectivity index (χ1v) is 7.06. The normalized spacial score (nSPS) is 20.3. The predicted molar refractivity (Wildman–Crippen MR) is 76.2 cm³/mol. The van der Waals surface area contributed by atoms with Crippen molar-refractivity contribution in [1.82, 2.24) is 0 Å². The quantitative estimate of drug-likeness (QED) is 0.638. The van der Waals surface area contributed by atoms with Crippen molar-refractivity contribution < 1.29 is 0 Å². The first-order valence-electron chi connectivity index (χ1n) is 6.01. The fraction of sp³-hybridized carbons (Fsp3) is 0.462. The number of amidine groups is 1. The van der Waals surface area contributed by atoms with Gasteiger partial charge in [-0.2, -0.15) is 11.8 Å². The lowest BCUT2D eigenvalue weighted by Gasteiger charge is -2.33. The number of hydrogen-bond acceptors (Lipinski definition) is 3. The van der Waals surface area contributed by atoms with Gasteiger partial charge in [-0.25, -0.2) is 0 Å². The van der Waals surface area contributed by atoms with E-state index in [-0.39, 0.29) is 5.84 Å². The second-order valence-electron chi connectivity index (χ2n) is 4.31. The molecule has 0 radical (unpaired) electrons. The molecule has 1 aliphatic rings. The molecule has 1 heterocycles. The zero-order valence-electron chi connectivity index (χ0n) is 10.1. The molecule has 3 N–H and O–H groups in total. The van der Waals surface area contributed by atoms with Gasteiger partial charge in [0.2, 0.25) is 0 Å². The number of hydrogen-bond donors (Lipinski definition) is 2. The van der Waals surface area contributed by atoms with Crippen molar-refractivity contribution in [2.45, 2.75) is 18.6 Å². The average Bonchev–Trinajstić information content (AvgIpc) is 2.39. The van der Waals surface area contributed by atoms with Crippen molar-refractivity contribution in [1.29, 1.82) is 5.41 Å². The molecule has 92 valence electrons. The SMILES string of the molecule is CCC1CN(c2ccc(C(=N)N)cc2)CCS1. The molecule has 17 heavy (non-hydrogen) atoms. The minimum atomic E-state index is 0.136. The molecule has 0 amide bonds. The molecular formula is C13H19N3S. The number of benzene rings is 1. The van der Waals surface area contributed by atoms with Crippen LogP contribution in [0.25, 0.3) is 0 Å². The Hall–Kier alpha value is -1.16. The number of nitrogen functional groups attached to an aromatic ring is 1. The molecule has 1 unspecified atom stereocenters. The van der Waals surface area contributed by atoms with Gasteiger partial charge < -0.3 is 10.6 Å². The highest BCUT2D eigenvalue weighted by Gasteiger charge is 2.18. The van der Waals surface area contributed by atoms with Gasteiger partial charge in [-0.1, -0.05) is 6.92 Å². The summed E-state index contributed by atoms with van der Waals surface area (Å²) in [5.74, 6) is 1.34. The highest BCUT2D eigenvalue weighted by Crippen LogP contribution is 2.25. The molecule has 1 aliphatic heterocycles. The summed E-state index contributed by atoms with van der Waals surface area (Å²) in [5, 5.41) is 8.12. The van der Waals surface area contributed by atoms with Crippen LogP contribution in [0.4, 0.5) is 5.69 Å². The van der Waals surface area contributed by atoms with Gasteiger partial charge in [-0.3, -0.25) is 5.41 Å². The van der Waals surface area contributed by atoms with Crippen molar-refractivity contribution in [3.63, 3.8) is 0 Å². The van der Waals surface area contributed by atoms with Crippen LogP contribution in [0.3, 0.4) is 0 Å². The molecule has 0 aliphatic carbocycles. The van der Waals surface area contributed by atoms with E-state index >= 15 is 0 Å². The predicted octanol–water partition coefficient (Wildman–Crippen LogP) is 2.30. The molecule has 0 aromatic heterocycles. The zero-order chi connectivity index (χ0) is 12.3. The van der Waals surface area contributed by atoms with Crippen LogP contribution in [0.5, 0.6) is 0 Å². The Bertz CT molecular complexity index is 388. The molecule has 0 bridgehead atoms. The van der Waals surface area contributed by atoms with Crippen LogP contribution in [-0.2, 0) is 0 Å². The monoisotopic (exact) mass is 249 g/mol. The fourth-order valence-electron chi connectivity index (χ4n) is 2.05. The molecule has 3 nitrogen and oxygen atoms in total. The molecule has 1 aromatic carbocycles. The lowest BCUT2D eigenvalue weighted by Crippen LogP contribution is -2.37. The fourth-order valence-corrected chi connectivity index (χ4v) is 3.23. The summed E-state index contributed by atoms with van der Waals surface area (Å²) in [6, 6.07) is 8.00. The van der Waals surface area contributed by atoms with Gasteiger partial charge in [0.05, 0.1) is 0 Å². The Balaban J connectivity index is 2.08. The molecular weight excluding hydrogens is 230 g/mol. The average molecular weight is 249 g/mol. The van der Waals surface area contributed by atoms with Crippen molar-refractivity contribution in [3.8, 4) is 0 Å². The standard InChI is InChI=1S/C13H19N3S/c1-2-12-9-16(7-8-17-12)11-5-3-10(4-6-11)13(14)15/h3-6,12H,2,7-9H2,1H3,(H3,14,15).